The number of carboxylic acid groups (broad SMARTS) is 1. The fourth-order valence-electron chi connectivity index (χ4n) is 2.84. The second-order valence-electron chi connectivity index (χ2n) is 6.33. The van der Waals surface area contributed by atoms with Gasteiger partial charge in [-0.15, -0.1) is 0 Å². The zero-order valence-corrected chi connectivity index (χ0v) is 15.3. The maximum absolute atomic E-state index is 11.0. The van der Waals surface area contributed by atoms with Crippen LogP contribution in [0.25, 0.3) is 11.1 Å². The number of carbonyl (C=O) groups is 1. The average molecular weight is 377 g/mol. The Morgan fingerprint density at radius 2 is 1.81 bits per heavy atom. The lowest BCUT2D eigenvalue weighted by molar-refractivity contribution is -0.138. The summed E-state index contributed by atoms with van der Waals surface area (Å²) in [5.41, 5.74) is 9.61. The maximum Gasteiger partial charge on any atom is 0.325 e. The topological polar surface area (TPSA) is 121 Å². The van der Waals surface area contributed by atoms with Crippen LogP contribution in [-0.4, -0.2) is 33.1 Å². The van der Waals surface area contributed by atoms with Gasteiger partial charge in [-0.25, -0.2) is 0 Å². The monoisotopic (exact) mass is 377 g/mol. The van der Waals surface area contributed by atoms with Crippen LogP contribution < -0.4 is 5.73 Å². The fourth-order valence-corrected chi connectivity index (χ4v) is 3.41. The number of rotatable bonds is 9. The zero-order chi connectivity index (χ0) is 19.2. The van der Waals surface area contributed by atoms with Gasteiger partial charge in [0, 0.05) is 0 Å². The molecular formula is C19H24NO5P. The van der Waals surface area contributed by atoms with Crippen molar-refractivity contribution in [3.63, 3.8) is 0 Å². The summed E-state index contributed by atoms with van der Waals surface area (Å²) in [5.74, 6) is -1.00. The molecule has 0 heterocycles. The van der Waals surface area contributed by atoms with Crippen LogP contribution in [0.1, 0.15) is 24.0 Å². The average Bonchev–Trinajstić information content (AvgIpc) is 2.59. The van der Waals surface area contributed by atoms with E-state index in [-0.39, 0.29) is 6.16 Å². The molecule has 1 unspecified atom stereocenters. The number of nitrogens with two attached hydrogens (primary N) is 1. The highest BCUT2D eigenvalue weighted by Crippen LogP contribution is 2.36. The number of benzene rings is 2. The van der Waals surface area contributed by atoms with Crippen molar-refractivity contribution in [1.82, 2.24) is 0 Å². The van der Waals surface area contributed by atoms with E-state index < -0.39 is 19.6 Å². The molecule has 5 N–H and O–H groups in total. The molecule has 0 saturated heterocycles. The number of carboxylic acids is 1. The van der Waals surface area contributed by atoms with Crippen LogP contribution in [0.3, 0.4) is 0 Å². The molecule has 1 atom stereocenters. The van der Waals surface area contributed by atoms with E-state index in [2.05, 4.69) is 0 Å². The first-order chi connectivity index (χ1) is 12.3. The molecule has 140 valence electrons. The molecule has 0 aliphatic heterocycles. The van der Waals surface area contributed by atoms with Crippen molar-refractivity contribution in [2.75, 3.05) is 6.16 Å². The number of aryl methyl sites for hydroxylation is 2. The van der Waals surface area contributed by atoms with E-state index >= 15 is 0 Å². The van der Waals surface area contributed by atoms with Crippen LogP contribution in [0.4, 0.5) is 0 Å². The van der Waals surface area contributed by atoms with Gasteiger partial charge in [-0.05, 0) is 47.9 Å². The molecule has 2 rings (SSSR count). The van der Waals surface area contributed by atoms with Crippen molar-refractivity contribution >= 4 is 13.6 Å². The first-order valence-electron chi connectivity index (χ1n) is 8.46. The van der Waals surface area contributed by atoms with Crippen molar-refractivity contribution in [3.8, 4) is 11.1 Å². The summed E-state index contributed by atoms with van der Waals surface area (Å²) >= 11 is 0. The molecule has 2 aromatic rings. The highest BCUT2D eigenvalue weighted by atomic mass is 31.2. The van der Waals surface area contributed by atoms with Crippen LogP contribution in [0.5, 0.6) is 0 Å². The van der Waals surface area contributed by atoms with Gasteiger partial charge in [0.15, 0.2) is 0 Å². The van der Waals surface area contributed by atoms with Crippen molar-refractivity contribution in [1.29, 1.82) is 0 Å². The van der Waals surface area contributed by atoms with Gasteiger partial charge < -0.3 is 20.6 Å². The smallest absolute Gasteiger partial charge is 0.325 e. The second kappa shape index (κ2) is 9.10. The van der Waals surface area contributed by atoms with E-state index in [4.69, 9.17) is 20.6 Å². The summed E-state index contributed by atoms with van der Waals surface area (Å²) in [6, 6.07) is 14.7. The minimum absolute atomic E-state index is 0.131. The summed E-state index contributed by atoms with van der Waals surface area (Å²) < 4.78 is 11.0. The summed E-state index contributed by atoms with van der Waals surface area (Å²) in [6.07, 6.45) is 1.79. The molecule has 0 aliphatic carbocycles. The molecule has 0 aliphatic rings. The quantitative estimate of drug-likeness (QED) is 0.499. The molecule has 0 aromatic heterocycles. The van der Waals surface area contributed by atoms with Crippen LogP contribution in [-0.2, 0) is 22.2 Å². The van der Waals surface area contributed by atoms with Gasteiger partial charge >= 0.3 is 13.6 Å². The van der Waals surface area contributed by atoms with Gasteiger partial charge in [-0.3, -0.25) is 9.36 Å². The Hall–Kier alpha value is -1.98. The first-order valence-corrected chi connectivity index (χ1v) is 10.3. The lowest BCUT2D eigenvalue weighted by Crippen LogP contribution is -2.30. The fraction of sp³-hybridized carbons (Fsp3) is 0.316. The predicted molar refractivity (Wildman–Crippen MR) is 101 cm³/mol. The molecule has 7 heteroatoms. The van der Waals surface area contributed by atoms with Gasteiger partial charge in [-0.1, -0.05) is 48.5 Å². The zero-order valence-electron chi connectivity index (χ0n) is 14.4. The second-order valence-corrected chi connectivity index (χ2v) is 8.11. The van der Waals surface area contributed by atoms with E-state index in [1.807, 2.05) is 48.5 Å². The Morgan fingerprint density at radius 1 is 1.08 bits per heavy atom. The minimum atomic E-state index is -3.98. The Kier molecular flexibility index (Phi) is 7.12. The summed E-state index contributed by atoms with van der Waals surface area (Å²) in [6.45, 7) is 0. The van der Waals surface area contributed by atoms with Gasteiger partial charge in [0.1, 0.15) is 6.04 Å². The van der Waals surface area contributed by atoms with E-state index in [1.165, 1.54) is 0 Å². The molecule has 0 spiro atoms. The third kappa shape index (κ3) is 6.39. The lowest BCUT2D eigenvalue weighted by Gasteiger charge is -2.12. The van der Waals surface area contributed by atoms with Crippen LogP contribution in [0.15, 0.2) is 48.5 Å². The Morgan fingerprint density at radius 3 is 2.50 bits per heavy atom. The molecule has 2 aromatic carbocycles. The molecule has 0 saturated carbocycles. The molecule has 0 fully saturated rings. The van der Waals surface area contributed by atoms with Crippen molar-refractivity contribution in [2.24, 2.45) is 5.73 Å². The summed E-state index contributed by atoms with van der Waals surface area (Å²) in [5, 5.41) is 8.89. The highest BCUT2D eigenvalue weighted by Gasteiger charge is 2.14. The largest absolute Gasteiger partial charge is 0.480 e. The third-order valence-corrected chi connectivity index (χ3v) is 5.11. The van der Waals surface area contributed by atoms with Gasteiger partial charge in [0.05, 0.1) is 6.16 Å². The molecule has 26 heavy (non-hydrogen) atoms. The van der Waals surface area contributed by atoms with Crippen molar-refractivity contribution in [3.05, 3.63) is 59.7 Å². The standard InChI is InChI=1S/C19H24NO5P/c20-18(19(21)22)11-10-14-5-3-7-16(13-14)17-9-2-1-6-15(17)8-4-12-26(23,24)25/h1-3,5-7,9,13,18H,4,8,10-12,20H2,(H,21,22)(H2,23,24,25). The number of aliphatic carboxylic acids is 1. The third-order valence-electron chi connectivity index (χ3n) is 4.21. The first kappa shape index (κ1) is 20.3. The Balaban J connectivity index is 2.14. The molecular weight excluding hydrogens is 353 g/mol. The van der Waals surface area contributed by atoms with Gasteiger partial charge in [-0.2, -0.15) is 0 Å². The van der Waals surface area contributed by atoms with Crippen LogP contribution >= 0.6 is 7.60 Å². The molecule has 0 amide bonds. The van der Waals surface area contributed by atoms with Gasteiger partial charge in [0.25, 0.3) is 0 Å². The Labute approximate surface area is 152 Å². The molecule has 6 nitrogen and oxygen atoms in total. The van der Waals surface area contributed by atoms with Crippen molar-refractivity contribution in [2.45, 2.75) is 31.7 Å². The van der Waals surface area contributed by atoms with Gasteiger partial charge in [0.2, 0.25) is 0 Å². The van der Waals surface area contributed by atoms with E-state index in [9.17, 15) is 9.36 Å². The number of hydrogen-bond acceptors (Lipinski definition) is 3. The molecule has 0 radical (unpaired) electrons. The van der Waals surface area contributed by atoms with E-state index in [0.29, 0.717) is 25.7 Å². The summed E-state index contributed by atoms with van der Waals surface area (Å²) in [7, 11) is -3.98. The lowest BCUT2D eigenvalue weighted by atomic mass is 9.94. The predicted octanol–water partition coefficient (Wildman–Crippen LogP) is 2.81. The number of hydrogen-bond donors (Lipinski definition) is 4. The Bertz CT molecular complexity index is 802. The normalized spacial score (nSPS) is 12.7. The van der Waals surface area contributed by atoms with Crippen molar-refractivity contribution < 1.29 is 24.3 Å². The van der Waals surface area contributed by atoms with Crippen LogP contribution in [0.2, 0.25) is 0 Å². The highest BCUT2D eigenvalue weighted by molar-refractivity contribution is 7.51. The van der Waals surface area contributed by atoms with Crippen LogP contribution in [0, 0.1) is 0 Å². The molecule has 0 bridgehead atoms. The summed E-state index contributed by atoms with van der Waals surface area (Å²) in [4.78, 5) is 28.9. The maximum atomic E-state index is 11.0. The minimum Gasteiger partial charge on any atom is -0.480 e. The van der Waals surface area contributed by atoms with E-state index in [0.717, 1.165) is 22.3 Å². The SMILES string of the molecule is NC(CCc1cccc(-c2ccccc2CCCP(=O)(O)O)c1)C(=O)O. The van der Waals surface area contributed by atoms with E-state index in [1.54, 1.807) is 0 Å².